The second-order valence-electron chi connectivity index (χ2n) is 4.77. The fourth-order valence-corrected chi connectivity index (χ4v) is 2.66. The van der Waals surface area contributed by atoms with E-state index in [-0.39, 0.29) is 5.91 Å². The largest absolute Gasteiger partial charge is 0.297 e. The summed E-state index contributed by atoms with van der Waals surface area (Å²) in [4.78, 5) is 13.8. The maximum absolute atomic E-state index is 11.3. The van der Waals surface area contributed by atoms with Gasteiger partial charge in [-0.3, -0.25) is 15.1 Å². The van der Waals surface area contributed by atoms with Gasteiger partial charge in [0.25, 0.3) is 0 Å². The van der Waals surface area contributed by atoms with E-state index < -0.39 is 0 Å². The zero-order chi connectivity index (χ0) is 12.0. The first-order valence-electron chi connectivity index (χ1n) is 6.44. The van der Waals surface area contributed by atoms with Crippen molar-refractivity contribution in [1.82, 2.24) is 10.3 Å². The smallest absolute Gasteiger partial charge is 0.235 e. The number of rotatable bonds is 4. The summed E-state index contributed by atoms with van der Waals surface area (Å²) in [7, 11) is 0. The molecule has 1 aliphatic heterocycles. The Morgan fingerprint density at radius 1 is 1.50 bits per heavy atom. The van der Waals surface area contributed by atoms with Gasteiger partial charge in [0.1, 0.15) is 0 Å². The number of hydrazine groups is 1. The molecule has 0 aromatic carbocycles. The van der Waals surface area contributed by atoms with Gasteiger partial charge in [0.15, 0.2) is 0 Å². The Hall–Kier alpha value is -0.610. The second-order valence-corrected chi connectivity index (χ2v) is 4.77. The van der Waals surface area contributed by atoms with Crippen molar-refractivity contribution in [2.75, 3.05) is 6.54 Å². The Morgan fingerprint density at radius 2 is 2.25 bits per heavy atom. The molecule has 94 valence electrons. The molecule has 0 radical (unpaired) electrons. The number of likely N-dealkylation sites (tertiary alicyclic amines) is 1. The van der Waals surface area contributed by atoms with Gasteiger partial charge in [0.2, 0.25) is 5.91 Å². The van der Waals surface area contributed by atoms with E-state index in [0.29, 0.717) is 18.5 Å². The van der Waals surface area contributed by atoms with Crippen molar-refractivity contribution in [1.29, 1.82) is 0 Å². The van der Waals surface area contributed by atoms with Crippen LogP contribution >= 0.6 is 0 Å². The van der Waals surface area contributed by atoms with Crippen LogP contribution in [0.15, 0.2) is 0 Å². The fourth-order valence-electron chi connectivity index (χ4n) is 2.66. The lowest BCUT2D eigenvalue weighted by Crippen LogP contribution is -2.44. The quantitative estimate of drug-likeness (QED) is 0.434. The highest BCUT2D eigenvalue weighted by Gasteiger charge is 2.24. The Balaban J connectivity index is 2.55. The van der Waals surface area contributed by atoms with Gasteiger partial charge in [0.05, 0.1) is 0 Å². The average Bonchev–Trinajstić information content (AvgIpc) is 2.53. The van der Waals surface area contributed by atoms with Crippen LogP contribution in [0.1, 0.15) is 52.4 Å². The van der Waals surface area contributed by atoms with Crippen LogP contribution < -0.4 is 11.3 Å². The Bertz CT molecular complexity index is 220. The Kier molecular flexibility index (Phi) is 5.77. The summed E-state index contributed by atoms with van der Waals surface area (Å²) in [6.45, 7) is 5.49. The summed E-state index contributed by atoms with van der Waals surface area (Å²) < 4.78 is 0. The molecule has 0 spiro atoms. The number of nitrogens with zero attached hydrogens (tertiary/aromatic N) is 1. The minimum Gasteiger partial charge on any atom is -0.297 e. The van der Waals surface area contributed by atoms with Crippen LogP contribution in [0.2, 0.25) is 0 Å². The van der Waals surface area contributed by atoms with Gasteiger partial charge in [-0.1, -0.05) is 19.8 Å². The third-order valence-electron chi connectivity index (χ3n) is 3.60. The maximum atomic E-state index is 11.3. The third kappa shape index (κ3) is 3.76. The molecular weight excluding hydrogens is 202 g/mol. The molecule has 1 heterocycles. The van der Waals surface area contributed by atoms with Crippen LogP contribution in [0.4, 0.5) is 0 Å². The van der Waals surface area contributed by atoms with Gasteiger partial charge < -0.3 is 0 Å². The van der Waals surface area contributed by atoms with E-state index in [0.717, 1.165) is 6.54 Å². The molecule has 2 unspecified atom stereocenters. The molecule has 0 aromatic heterocycles. The van der Waals surface area contributed by atoms with Gasteiger partial charge in [-0.25, -0.2) is 5.84 Å². The number of nitrogens with two attached hydrogens (primary N) is 1. The molecule has 1 aliphatic rings. The van der Waals surface area contributed by atoms with Gasteiger partial charge >= 0.3 is 0 Å². The lowest BCUT2D eigenvalue weighted by atomic mass is 10.0. The molecule has 0 aliphatic carbocycles. The molecule has 1 amide bonds. The van der Waals surface area contributed by atoms with E-state index in [9.17, 15) is 4.79 Å². The summed E-state index contributed by atoms with van der Waals surface area (Å²) in [6.07, 6.45) is 6.85. The number of hydrogen-bond acceptors (Lipinski definition) is 3. The highest BCUT2D eigenvalue weighted by atomic mass is 16.2. The normalized spacial score (nSPS) is 24.8. The summed E-state index contributed by atoms with van der Waals surface area (Å²) in [6, 6.07) is 0.940. The standard InChI is InChI=1S/C12H25N3O/c1-3-11-7-5-4-6-8-15(11)10(2)9-12(16)14-13/h10-11H,3-9,13H2,1-2H3,(H,14,16). The van der Waals surface area contributed by atoms with E-state index in [1.807, 2.05) is 0 Å². The molecule has 4 nitrogen and oxygen atoms in total. The molecule has 16 heavy (non-hydrogen) atoms. The summed E-state index contributed by atoms with van der Waals surface area (Å²) in [5.74, 6) is 5.07. The van der Waals surface area contributed by atoms with Crippen LogP contribution in [0.5, 0.6) is 0 Å². The first kappa shape index (κ1) is 13.5. The molecule has 2 atom stereocenters. The predicted octanol–water partition coefficient (Wildman–Crippen LogP) is 1.41. The summed E-state index contributed by atoms with van der Waals surface area (Å²) in [5, 5.41) is 0. The van der Waals surface area contributed by atoms with E-state index >= 15 is 0 Å². The molecule has 1 fully saturated rings. The second kappa shape index (κ2) is 6.86. The SMILES string of the molecule is CCC1CCCCCN1C(C)CC(=O)NN. The third-order valence-corrected chi connectivity index (χ3v) is 3.60. The minimum atomic E-state index is -0.0633. The summed E-state index contributed by atoms with van der Waals surface area (Å²) >= 11 is 0. The van der Waals surface area contributed by atoms with E-state index in [1.54, 1.807) is 0 Å². The van der Waals surface area contributed by atoms with Crippen molar-refractivity contribution in [3.8, 4) is 0 Å². The molecule has 4 heteroatoms. The van der Waals surface area contributed by atoms with Crippen molar-refractivity contribution in [2.24, 2.45) is 5.84 Å². The zero-order valence-electron chi connectivity index (χ0n) is 10.5. The van der Waals surface area contributed by atoms with Crippen molar-refractivity contribution >= 4 is 5.91 Å². The van der Waals surface area contributed by atoms with Crippen molar-refractivity contribution in [2.45, 2.75) is 64.5 Å². The van der Waals surface area contributed by atoms with Crippen LogP contribution in [-0.2, 0) is 4.79 Å². The van der Waals surface area contributed by atoms with Crippen molar-refractivity contribution in [3.63, 3.8) is 0 Å². The highest BCUT2D eigenvalue weighted by Crippen LogP contribution is 2.22. The number of carbonyl (C=O) groups is 1. The van der Waals surface area contributed by atoms with Crippen molar-refractivity contribution in [3.05, 3.63) is 0 Å². The molecule has 3 N–H and O–H groups in total. The van der Waals surface area contributed by atoms with Crippen LogP contribution in [0.3, 0.4) is 0 Å². The first-order valence-corrected chi connectivity index (χ1v) is 6.44. The van der Waals surface area contributed by atoms with Gasteiger partial charge in [-0.15, -0.1) is 0 Å². The number of nitrogens with one attached hydrogen (secondary N) is 1. The van der Waals surface area contributed by atoms with Crippen LogP contribution in [0.25, 0.3) is 0 Å². The van der Waals surface area contributed by atoms with Crippen molar-refractivity contribution < 1.29 is 4.79 Å². The topological polar surface area (TPSA) is 58.4 Å². The van der Waals surface area contributed by atoms with E-state index in [1.165, 1.54) is 32.1 Å². The van der Waals surface area contributed by atoms with Gasteiger partial charge in [-0.2, -0.15) is 0 Å². The zero-order valence-corrected chi connectivity index (χ0v) is 10.5. The molecule has 0 aromatic rings. The highest BCUT2D eigenvalue weighted by molar-refractivity contribution is 5.75. The number of amides is 1. The van der Waals surface area contributed by atoms with E-state index in [4.69, 9.17) is 5.84 Å². The number of hydrogen-bond donors (Lipinski definition) is 2. The molecule has 0 saturated carbocycles. The van der Waals surface area contributed by atoms with Crippen LogP contribution in [-0.4, -0.2) is 29.4 Å². The average molecular weight is 227 g/mol. The monoisotopic (exact) mass is 227 g/mol. The summed E-state index contributed by atoms with van der Waals surface area (Å²) in [5.41, 5.74) is 2.22. The van der Waals surface area contributed by atoms with Crippen LogP contribution in [0, 0.1) is 0 Å². The maximum Gasteiger partial charge on any atom is 0.235 e. The minimum absolute atomic E-state index is 0.0633. The predicted molar refractivity (Wildman–Crippen MR) is 65.7 cm³/mol. The van der Waals surface area contributed by atoms with Gasteiger partial charge in [-0.05, 0) is 32.7 Å². The van der Waals surface area contributed by atoms with Gasteiger partial charge in [0, 0.05) is 18.5 Å². The lowest BCUT2D eigenvalue weighted by molar-refractivity contribution is -0.122. The first-order chi connectivity index (χ1) is 7.69. The Labute approximate surface area is 98.5 Å². The molecule has 0 bridgehead atoms. The van der Waals surface area contributed by atoms with E-state index in [2.05, 4.69) is 24.2 Å². The fraction of sp³-hybridized carbons (Fsp3) is 0.917. The number of carbonyl (C=O) groups excluding carboxylic acids is 1. The molecular formula is C12H25N3O. The Morgan fingerprint density at radius 3 is 2.88 bits per heavy atom. The molecule has 1 rings (SSSR count). The lowest BCUT2D eigenvalue weighted by Gasteiger charge is -2.34. The molecule has 1 saturated heterocycles.